The van der Waals surface area contributed by atoms with E-state index in [4.69, 9.17) is 5.73 Å². The summed E-state index contributed by atoms with van der Waals surface area (Å²) in [5, 5.41) is 0. The lowest BCUT2D eigenvalue weighted by Gasteiger charge is -2.38. The average molecular weight is 292 g/mol. The maximum absolute atomic E-state index is 6.10. The lowest BCUT2D eigenvalue weighted by molar-refractivity contribution is 0.144. The van der Waals surface area contributed by atoms with Crippen LogP contribution in [0.2, 0.25) is 0 Å². The van der Waals surface area contributed by atoms with Gasteiger partial charge < -0.3 is 5.73 Å². The standard InChI is InChI=1S/C20H24N2/c1-14(21)15-10-12-22(13-11-15)20-18-8-4-2-6-16(18)17-7-3-5-9-19(17)20/h2-9,14-15,20H,10-13,21H2,1H3. The quantitative estimate of drug-likeness (QED) is 0.912. The minimum atomic E-state index is 0.324. The molecule has 2 aromatic carbocycles. The summed E-state index contributed by atoms with van der Waals surface area (Å²) in [7, 11) is 0. The molecule has 1 atom stereocenters. The van der Waals surface area contributed by atoms with Gasteiger partial charge in [-0.05, 0) is 61.0 Å². The minimum Gasteiger partial charge on any atom is -0.328 e. The zero-order valence-electron chi connectivity index (χ0n) is 13.2. The number of benzene rings is 2. The highest BCUT2D eigenvalue weighted by Gasteiger charge is 2.34. The highest BCUT2D eigenvalue weighted by Crippen LogP contribution is 2.47. The third-order valence-corrected chi connectivity index (χ3v) is 5.48. The van der Waals surface area contributed by atoms with Gasteiger partial charge in [0.15, 0.2) is 0 Å². The highest BCUT2D eigenvalue weighted by molar-refractivity contribution is 5.78. The van der Waals surface area contributed by atoms with E-state index < -0.39 is 0 Å². The SMILES string of the molecule is CC(N)C1CCN(C2c3ccccc3-c3ccccc32)CC1. The molecule has 1 heterocycles. The fourth-order valence-corrected chi connectivity index (χ4v) is 4.23. The number of nitrogens with zero attached hydrogens (tertiary/aromatic N) is 1. The number of fused-ring (bicyclic) bond motifs is 3. The monoisotopic (exact) mass is 292 g/mol. The molecule has 1 fully saturated rings. The summed E-state index contributed by atoms with van der Waals surface area (Å²) in [6, 6.07) is 18.5. The molecule has 2 nitrogen and oxygen atoms in total. The van der Waals surface area contributed by atoms with Crippen LogP contribution < -0.4 is 5.73 Å². The van der Waals surface area contributed by atoms with Crippen LogP contribution in [0.1, 0.15) is 36.9 Å². The van der Waals surface area contributed by atoms with E-state index in [1.807, 2.05) is 0 Å². The lowest BCUT2D eigenvalue weighted by atomic mass is 9.89. The number of hydrogen-bond donors (Lipinski definition) is 1. The summed E-state index contributed by atoms with van der Waals surface area (Å²) in [5.41, 5.74) is 11.9. The summed E-state index contributed by atoms with van der Waals surface area (Å²) >= 11 is 0. The van der Waals surface area contributed by atoms with E-state index in [1.165, 1.54) is 35.1 Å². The van der Waals surface area contributed by atoms with Crippen LogP contribution in [-0.2, 0) is 0 Å². The largest absolute Gasteiger partial charge is 0.328 e. The molecule has 0 amide bonds. The first-order chi connectivity index (χ1) is 10.8. The first-order valence-electron chi connectivity index (χ1n) is 8.43. The van der Waals surface area contributed by atoms with Crippen LogP contribution in [-0.4, -0.2) is 24.0 Å². The Morgan fingerprint density at radius 1 is 0.909 bits per heavy atom. The van der Waals surface area contributed by atoms with Crippen molar-refractivity contribution in [2.75, 3.05) is 13.1 Å². The third-order valence-electron chi connectivity index (χ3n) is 5.48. The second kappa shape index (κ2) is 5.53. The predicted molar refractivity (Wildman–Crippen MR) is 91.7 cm³/mol. The smallest absolute Gasteiger partial charge is 0.0614 e. The van der Waals surface area contributed by atoms with E-state index in [2.05, 4.69) is 60.4 Å². The second-order valence-electron chi connectivity index (χ2n) is 6.81. The molecule has 1 unspecified atom stereocenters. The molecular weight excluding hydrogens is 268 g/mol. The molecule has 1 saturated heterocycles. The maximum atomic E-state index is 6.10. The van der Waals surface area contributed by atoms with Gasteiger partial charge in [0.2, 0.25) is 0 Å². The molecule has 1 aliphatic carbocycles. The van der Waals surface area contributed by atoms with E-state index in [9.17, 15) is 0 Å². The molecule has 0 bridgehead atoms. The van der Waals surface area contributed by atoms with Crippen LogP contribution in [0.3, 0.4) is 0 Å². The fourth-order valence-electron chi connectivity index (χ4n) is 4.23. The van der Waals surface area contributed by atoms with Gasteiger partial charge in [-0.3, -0.25) is 4.90 Å². The van der Waals surface area contributed by atoms with E-state index in [1.54, 1.807) is 0 Å². The molecule has 2 heteroatoms. The lowest BCUT2D eigenvalue weighted by Crippen LogP contribution is -2.41. The molecular formula is C20H24N2. The van der Waals surface area contributed by atoms with Gasteiger partial charge in [0.05, 0.1) is 6.04 Å². The maximum Gasteiger partial charge on any atom is 0.0614 e. The van der Waals surface area contributed by atoms with Crippen LogP contribution in [0.4, 0.5) is 0 Å². The first kappa shape index (κ1) is 14.0. The van der Waals surface area contributed by atoms with Crippen LogP contribution >= 0.6 is 0 Å². The molecule has 4 rings (SSSR count). The first-order valence-corrected chi connectivity index (χ1v) is 8.43. The number of piperidine rings is 1. The molecule has 0 aromatic heterocycles. The summed E-state index contributed by atoms with van der Waals surface area (Å²) in [6.45, 7) is 4.46. The minimum absolute atomic E-state index is 0.324. The Labute approximate surface area is 132 Å². The van der Waals surface area contributed by atoms with Crippen LogP contribution in [0.25, 0.3) is 11.1 Å². The van der Waals surface area contributed by atoms with Gasteiger partial charge >= 0.3 is 0 Å². The van der Waals surface area contributed by atoms with Gasteiger partial charge in [-0.1, -0.05) is 48.5 Å². The van der Waals surface area contributed by atoms with Crippen molar-refractivity contribution in [2.24, 2.45) is 11.7 Å². The topological polar surface area (TPSA) is 29.3 Å². The Kier molecular flexibility index (Phi) is 3.51. The van der Waals surface area contributed by atoms with Crippen molar-refractivity contribution >= 4 is 0 Å². The highest BCUT2D eigenvalue weighted by atomic mass is 15.2. The van der Waals surface area contributed by atoms with Crippen molar-refractivity contribution in [1.29, 1.82) is 0 Å². The van der Waals surface area contributed by atoms with Crippen molar-refractivity contribution in [3.05, 3.63) is 59.7 Å². The molecule has 0 radical (unpaired) electrons. The molecule has 114 valence electrons. The molecule has 2 aromatic rings. The van der Waals surface area contributed by atoms with E-state index in [-0.39, 0.29) is 0 Å². The van der Waals surface area contributed by atoms with Gasteiger partial charge in [-0.15, -0.1) is 0 Å². The van der Waals surface area contributed by atoms with Crippen LogP contribution in [0.5, 0.6) is 0 Å². The fraction of sp³-hybridized carbons (Fsp3) is 0.400. The molecule has 0 saturated carbocycles. The van der Waals surface area contributed by atoms with Crippen molar-refractivity contribution in [3.63, 3.8) is 0 Å². The van der Waals surface area contributed by atoms with Crippen molar-refractivity contribution in [3.8, 4) is 11.1 Å². The molecule has 1 aliphatic heterocycles. The van der Waals surface area contributed by atoms with Crippen molar-refractivity contribution in [1.82, 2.24) is 4.90 Å². The summed E-state index contributed by atoms with van der Waals surface area (Å²) < 4.78 is 0. The summed E-state index contributed by atoms with van der Waals surface area (Å²) in [4.78, 5) is 2.66. The van der Waals surface area contributed by atoms with Crippen molar-refractivity contribution in [2.45, 2.75) is 31.8 Å². The zero-order valence-corrected chi connectivity index (χ0v) is 13.2. The van der Waals surface area contributed by atoms with Gasteiger partial charge in [0, 0.05) is 6.04 Å². The number of nitrogens with two attached hydrogens (primary N) is 1. The van der Waals surface area contributed by atoms with E-state index >= 15 is 0 Å². The molecule has 2 aliphatic rings. The van der Waals surface area contributed by atoms with E-state index in [0.717, 1.165) is 13.1 Å². The number of likely N-dealkylation sites (tertiary alicyclic amines) is 1. The van der Waals surface area contributed by atoms with Gasteiger partial charge in [0.1, 0.15) is 0 Å². The molecule has 2 N–H and O–H groups in total. The Balaban J connectivity index is 1.68. The van der Waals surface area contributed by atoms with E-state index in [0.29, 0.717) is 18.0 Å². The molecule has 0 spiro atoms. The second-order valence-corrected chi connectivity index (χ2v) is 6.81. The van der Waals surface area contributed by atoms with Gasteiger partial charge in [-0.2, -0.15) is 0 Å². The summed E-state index contributed by atoms with van der Waals surface area (Å²) in [6.07, 6.45) is 2.44. The average Bonchev–Trinajstić information content (AvgIpc) is 2.89. The Bertz CT molecular complexity index is 623. The predicted octanol–water partition coefficient (Wildman–Crippen LogP) is 3.82. The van der Waals surface area contributed by atoms with Gasteiger partial charge in [0.25, 0.3) is 0 Å². The Hall–Kier alpha value is -1.64. The molecule has 22 heavy (non-hydrogen) atoms. The van der Waals surface area contributed by atoms with Gasteiger partial charge in [-0.25, -0.2) is 0 Å². The van der Waals surface area contributed by atoms with Crippen molar-refractivity contribution < 1.29 is 0 Å². The normalized spacial score (nSPS) is 20.6. The Morgan fingerprint density at radius 2 is 1.41 bits per heavy atom. The van der Waals surface area contributed by atoms with Crippen LogP contribution in [0, 0.1) is 5.92 Å². The number of hydrogen-bond acceptors (Lipinski definition) is 2. The zero-order chi connectivity index (χ0) is 15.1. The van der Waals surface area contributed by atoms with Crippen LogP contribution in [0.15, 0.2) is 48.5 Å². The third kappa shape index (κ3) is 2.18. The number of rotatable bonds is 2. The summed E-state index contributed by atoms with van der Waals surface area (Å²) in [5.74, 6) is 0.683. The Morgan fingerprint density at radius 3 is 1.91 bits per heavy atom.